The van der Waals surface area contributed by atoms with Gasteiger partial charge in [-0.2, -0.15) is 22.0 Å². The third kappa shape index (κ3) is 1.73. The van der Waals surface area contributed by atoms with Crippen LogP contribution in [0.2, 0.25) is 0 Å². The van der Waals surface area contributed by atoms with E-state index in [9.17, 15) is 30.7 Å². The summed E-state index contributed by atoms with van der Waals surface area (Å²) in [5, 5.41) is 8.97. The van der Waals surface area contributed by atoms with Crippen molar-refractivity contribution in [3.05, 3.63) is 0 Å². The molecule has 0 rings (SSSR count). The second-order valence-corrected chi connectivity index (χ2v) is 1.59. The Kier molecular flexibility index (Phi) is 2.12. The molecule has 0 aromatic heterocycles. The van der Waals surface area contributed by atoms with Crippen LogP contribution in [0, 0.1) is 0 Å². The first-order valence-corrected chi connectivity index (χ1v) is 2.03. The van der Waals surface area contributed by atoms with Crippen molar-refractivity contribution < 1.29 is 35.8 Å². The highest BCUT2D eigenvalue weighted by Crippen LogP contribution is 2.43. The van der Waals surface area contributed by atoms with Crippen LogP contribution < -0.4 is 5.11 Å². The van der Waals surface area contributed by atoms with Crippen molar-refractivity contribution in [1.82, 2.24) is 0 Å². The predicted octanol–water partition coefficient (Wildman–Crippen LogP) is 1.14. The van der Waals surface area contributed by atoms with Crippen LogP contribution >= 0.6 is 0 Å². The molecule has 8 heteroatoms. The average molecular weight is 185 g/mol. The molecular weight excluding hydrogens is 185 g/mol. The molecule has 0 aromatic rings. The Bertz CT molecular complexity index is 125. The normalized spacial score (nSPS) is 15.3. The van der Waals surface area contributed by atoms with Crippen molar-refractivity contribution in [2.75, 3.05) is 0 Å². The Labute approximate surface area is 55.4 Å². The fourth-order valence-corrected chi connectivity index (χ4v) is 0.165. The van der Waals surface area contributed by atoms with E-state index in [2.05, 4.69) is 0 Å². The van der Waals surface area contributed by atoms with Crippen molar-refractivity contribution in [2.45, 2.75) is 18.2 Å². The van der Waals surface area contributed by atoms with Crippen molar-refractivity contribution in [2.24, 2.45) is 0 Å². The summed E-state index contributed by atoms with van der Waals surface area (Å²) in [4.78, 5) is 0. The molecule has 0 aliphatic carbocycles. The summed E-state index contributed by atoms with van der Waals surface area (Å²) in [6.45, 7) is 0. The molecule has 0 heterocycles. The van der Waals surface area contributed by atoms with Crippen LogP contribution in [0.3, 0.4) is 0 Å². The zero-order valence-corrected chi connectivity index (χ0v) is 4.55. The summed E-state index contributed by atoms with van der Waals surface area (Å²) in [6, 6.07) is 0. The van der Waals surface area contributed by atoms with Gasteiger partial charge in [0, 0.05) is 0 Å². The summed E-state index contributed by atoms with van der Waals surface area (Å²) < 4.78 is 77.1. The van der Waals surface area contributed by atoms with Crippen molar-refractivity contribution >= 4 is 0 Å². The lowest BCUT2D eigenvalue weighted by Gasteiger charge is -2.31. The zero-order valence-electron chi connectivity index (χ0n) is 4.55. The minimum absolute atomic E-state index is 6.33. The topological polar surface area (TPSA) is 23.1 Å². The monoisotopic (exact) mass is 185 g/mol. The van der Waals surface area contributed by atoms with Crippen LogP contribution in [0.4, 0.5) is 30.7 Å². The van der Waals surface area contributed by atoms with Crippen LogP contribution in [-0.4, -0.2) is 18.2 Å². The van der Waals surface area contributed by atoms with E-state index in [1.807, 2.05) is 0 Å². The third-order valence-electron chi connectivity index (χ3n) is 0.722. The maximum atomic E-state index is 11.2. The first-order chi connectivity index (χ1) is 4.50. The highest BCUT2D eigenvalue weighted by molar-refractivity contribution is 4.81. The molecule has 1 nitrogen and oxygen atoms in total. The van der Waals surface area contributed by atoms with Crippen LogP contribution in [-0.2, 0) is 0 Å². The molecule has 0 bridgehead atoms. The Morgan fingerprint density at radius 1 is 0.727 bits per heavy atom. The van der Waals surface area contributed by atoms with Crippen LogP contribution in [0.1, 0.15) is 0 Å². The summed E-state index contributed by atoms with van der Waals surface area (Å²) in [7, 11) is 0. The van der Waals surface area contributed by atoms with Crippen LogP contribution in [0.15, 0.2) is 0 Å². The van der Waals surface area contributed by atoms with Crippen LogP contribution in [0.5, 0.6) is 0 Å². The van der Waals surface area contributed by atoms with Gasteiger partial charge in [0.2, 0.25) is 0 Å². The van der Waals surface area contributed by atoms with Gasteiger partial charge in [-0.05, 0) is 0 Å². The van der Waals surface area contributed by atoms with E-state index in [1.54, 1.807) is 0 Å². The first-order valence-electron chi connectivity index (χ1n) is 2.03. The predicted molar refractivity (Wildman–Crippen MR) is 15.9 cm³/mol. The lowest BCUT2D eigenvalue weighted by Crippen LogP contribution is -2.59. The highest BCUT2D eigenvalue weighted by atomic mass is 19.4. The van der Waals surface area contributed by atoms with Gasteiger partial charge in [-0.1, -0.05) is 0 Å². The van der Waals surface area contributed by atoms with E-state index < -0.39 is 18.2 Å². The standard InChI is InChI=1S/C3F7O/c4-1(5,2(6,7)8)3(9,10)11/q-1. The lowest BCUT2D eigenvalue weighted by atomic mass is 10.3. The molecule has 0 amide bonds. The highest BCUT2D eigenvalue weighted by Gasteiger charge is 2.67. The molecule has 0 spiro atoms. The number of rotatable bonds is 1. The average Bonchev–Trinajstić information content (AvgIpc) is 1.58. The quantitative estimate of drug-likeness (QED) is 0.561. The molecule has 0 saturated heterocycles. The maximum Gasteiger partial charge on any atom is 0.458 e. The number of halogens is 7. The maximum absolute atomic E-state index is 11.2. The molecule has 0 saturated carbocycles. The number of hydrogen-bond acceptors (Lipinski definition) is 1. The molecule has 68 valence electrons. The number of alkyl halides is 7. The Morgan fingerprint density at radius 3 is 1.00 bits per heavy atom. The van der Waals surface area contributed by atoms with Gasteiger partial charge in [-0.15, -0.1) is 0 Å². The molecule has 0 aromatic carbocycles. The smallest absolute Gasteiger partial charge is 0.458 e. The largest absolute Gasteiger partial charge is 0.793 e. The van der Waals surface area contributed by atoms with Gasteiger partial charge in [0.1, 0.15) is 0 Å². The van der Waals surface area contributed by atoms with E-state index in [4.69, 9.17) is 5.11 Å². The van der Waals surface area contributed by atoms with Gasteiger partial charge in [0.25, 0.3) is 6.11 Å². The van der Waals surface area contributed by atoms with Gasteiger partial charge in [-0.25, -0.2) is 8.78 Å². The third-order valence-corrected chi connectivity index (χ3v) is 0.722. The molecule has 0 radical (unpaired) electrons. The van der Waals surface area contributed by atoms with Crippen LogP contribution in [0.25, 0.3) is 0 Å². The Hall–Kier alpha value is -0.530. The van der Waals surface area contributed by atoms with Crippen molar-refractivity contribution in [3.8, 4) is 0 Å². The SMILES string of the molecule is [O-]C(F)(F)C(F)(F)C(F)(F)F. The lowest BCUT2D eigenvalue weighted by molar-refractivity contribution is -0.629. The van der Waals surface area contributed by atoms with E-state index in [0.29, 0.717) is 0 Å². The number of hydrogen-bond donors (Lipinski definition) is 0. The van der Waals surface area contributed by atoms with E-state index >= 15 is 0 Å². The zero-order chi connectivity index (χ0) is 9.50. The first kappa shape index (κ1) is 10.5. The Balaban J connectivity index is 4.75. The van der Waals surface area contributed by atoms with E-state index in [1.165, 1.54) is 0 Å². The molecule has 0 fully saturated rings. The van der Waals surface area contributed by atoms with E-state index in [0.717, 1.165) is 0 Å². The fourth-order valence-electron chi connectivity index (χ4n) is 0.165. The molecule has 0 atom stereocenters. The second-order valence-electron chi connectivity index (χ2n) is 1.59. The van der Waals surface area contributed by atoms with Gasteiger partial charge < -0.3 is 5.11 Å². The molecular formula is C3F7O-. The molecule has 0 aliphatic rings. The van der Waals surface area contributed by atoms with Gasteiger partial charge in [0.05, 0.1) is 0 Å². The van der Waals surface area contributed by atoms with Gasteiger partial charge >= 0.3 is 12.1 Å². The Morgan fingerprint density at radius 2 is 1.00 bits per heavy atom. The molecule has 0 unspecified atom stereocenters. The van der Waals surface area contributed by atoms with Crippen molar-refractivity contribution in [1.29, 1.82) is 0 Å². The minimum Gasteiger partial charge on any atom is -0.793 e. The minimum atomic E-state index is -6.52. The molecule has 0 aliphatic heterocycles. The molecule has 0 N–H and O–H groups in total. The van der Waals surface area contributed by atoms with Crippen molar-refractivity contribution in [3.63, 3.8) is 0 Å². The van der Waals surface area contributed by atoms with E-state index in [-0.39, 0.29) is 0 Å². The summed E-state index contributed by atoms with van der Waals surface area (Å²) >= 11 is 0. The fraction of sp³-hybridized carbons (Fsp3) is 1.00. The summed E-state index contributed by atoms with van der Waals surface area (Å²) in [5.41, 5.74) is 0. The summed E-state index contributed by atoms with van der Waals surface area (Å²) in [5.74, 6) is -6.51. The second kappa shape index (κ2) is 2.23. The molecule has 11 heavy (non-hydrogen) atoms. The summed E-state index contributed by atoms with van der Waals surface area (Å²) in [6.07, 6.45) is -12.8. The van der Waals surface area contributed by atoms with Gasteiger partial charge in [-0.3, -0.25) is 0 Å². The van der Waals surface area contributed by atoms with Gasteiger partial charge in [0.15, 0.2) is 0 Å².